The first kappa shape index (κ1) is 29.8. The molecule has 246 valence electrons. The molecule has 0 aliphatic heterocycles. The van der Waals surface area contributed by atoms with Crippen molar-refractivity contribution in [3.63, 3.8) is 0 Å². The molecule has 3 heterocycles. The molecule has 3 nitrogen and oxygen atoms in total. The summed E-state index contributed by atoms with van der Waals surface area (Å²) in [7, 11) is 0. The highest BCUT2D eigenvalue weighted by atomic mass is 32.1. The summed E-state index contributed by atoms with van der Waals surface area (Å²) in [6.45, 7) is 0. The van der Waals surface area contributed by atoms with Crippen LogP contribution < -0.4 is 0 Å². The fourth-order valence-electron chi connectivity index (χ4n) is 8.37. The highest BCUT2D eigenvalue weighted by molar-refractivity contribution is 7.25. The first-order valence-electron chi connectivity index (χ1n) is 17.8. The molecule has 0 fully saturated rings. The van der Waals surface area contributed by atoms with E-state index in [1.165, 1.54) is 75.0 Å². The van der Waals surface area contributed by atoms with E-state index in [-0.39, 0.29) is 0 Å². The summed E-state index contributed by atoms with van der Waals surface area (Å²) in [6.07, 6.45) is 0. The predicted octanol–water partition coefficient (Wildman–Crippen LogP) is 13.5. The number of para-hydroxylation sites is 2. The second-order valence-corrected chi connectivity index (χ2v) is 14.7. The molecule has 0 N–H and O–H groups in total. The van der Waals surface area contributed by atoms with Gasteiger partial charge < -0.3 is 9.13 Å². The molecule has 3 aromatic heterocycles. The Morgan fingerprint density at radius 1 is 0.396 bits per heavy atom. The molecule has 0 unspecified atom stereocenters. The van der Waals surface area contributed by atoms with Gasteiger partial charge in [0.05, 0.1) is 33.7 Å². The number of hydrogen-bond donors (Lipinski definition) is 0. The van der Waals surface area contributed by atoms with Gasteiger partial charge in [0.1, 0.15) is 0 Å². The lowest BCUT2D eigenvalue weighted by Crippen LogP contribution is -1.94. The van der Waals surface area contributed by atoms with Crippen molar-refractivity contribution in [3.8, 4) is 39.7 Å². The lowest BCUT2D eigenvalue weighted by Gasteiger charge is -2.12. The average molecular weight is 692 g/mol. The van der Waals surface area contributed by atoms with Crippen molar-refractivity contribution in [2.45, 2.75) is 0 Å². The maximum Gasteiger partial charge on any atom is 0.0991 e. The smallest absolute Gasteiger partial charge is 0.0991 e. The molecule has 0 bridgehead atoms. The van der Waals surface area contributed by atoms with E-state index in [0.29, 0.717) is 5.56 Å². The van der Waals surface area contributed by atoms with Gasteiger partial charge in [0, 0.05) is 53.1 Å². The van der Waals surface area contributed by atoms with Crippen LogP contribution in [-0.4, -0.2) is 9.13 Å². The highest BCUT2D eigenvalue weighted by Crippen LogP contribution is 2.42. The third-order valence-corrected chi connectivity index (χ3v) is 11.9. The minimum atomic E-state index is 0.658. The SMILES string of the molecule is N#Cc1ccc(-n2c3ccccc3c3cc(-c4ccc5c(c4)c4ccccc4n5-c4cccc(-c5cccc6sc7ccccc7c56)c4)ccc32)cc1. The molecule has 4 heteroatoms. The van der Waals surface area contributed by atoms with Gasteiger partial charge in [0.25, 0.3) is 0 Å². The Morgan fingerprint density at radius 2 is 0.962 bits per heavy atom. The Kier molecular flexibility index (Phi) is 6.48. The molecule has 0 spiro atoms. The van der Waals surface area contributed by atoms with Gasteiger partial charge in [-0.15, -0.1) is 11.3 Å². The highest BCUT2D eigenvalue weighted by Gasteiger charge is 2.17. The fraction of sp³-hybridized carbons (Fsp3) is 0. The molecule has 0 atom stereocenters. The lowest BCUT2D eigenvalue weighted by atomic mass is 9.99. The van der Waals surface area contributed by atoms with Gasteiger partial charge in [0.2, 0.25) is 0 Å². The number of nitriles is 1. The van der Waals surface area contributed by atoms with Crippen LogP contribution >= 0.6 is 11.3 Å². The monoisotopic (exact) mass is 691 g/mol. The van der Waals surface area contributed by atoms with Crippen LogP contribution in [0.3, 0.4) is 0 Å². The summed E-state index contributed by atoms with van der Waals surface area (Å²) in [4.78, 5) is 0. The van der Waals surface area contributed by atoms with E-state index in [9.17, 15) is 5.26 Å². The van der Waals surface area contributed by atoms with Gasteiger partial charge in [0.15, 0.2) is 0 Å². The van der Waals surface area contributed by atoms with E-state index in [1.807, 2.05) is 35.6 Å². The molecule has 11 aromatic rings. The zero-order valence-corrected chi connectivity index (χ0v) is 29.3. The van der Waals surface area contributed by atoms with Gasteiger partial charge in [-0.1, -0.05) is 91.0 Å². The molecular weight excluding hydrogens is 663 g/mol. The third kappa shape index (κ3) is 4.52. The molecule has 0 saturated heterocycles. The summed E-state index contributed by atoms with van der Waals surface area (Å²) in [5, 5.41) is 16.9. The van der Waals surface area contributed by atoms with Crippen molar-refractivity contribution < 1.29 is 0 Å². The summed E-state index contributed by atoms with van der Waals surface area (Å²) >= 11 is 1.86. The van der Waals surface area contributed by atoms with Crippen LogP contribution in [0.5, 0.6) is 0 Å². The Bertz CT molecular complexity index is 3300. The maximum absolute atomic E-state index is 9.38. The number of fused-ring (bicyclic) bond motifs is 9. The Balaban J connectivity index is 1.06. The fourth-order valence-corrected chi connectivity index (χ4v) is 9.51. The van der Waals surface area contributed by atoms with Crippen molar-refractivity contribution in [1.29, 1.82) is 5.26 Å². The van der Waals surface area contributed by atoms with Gasteiger partial charge in [-0.2, -0.15) is 5.26 Å². The van der Waals surface area contributed by atoms with Crippen molar-refractivity contribution >= 4 is 75.1 Å². The molecule has 53 heavy (non-hydrogen) atoms. The standard InChI is InChI=1S/C49H29N3S/c50-30-31-19-23-35(24-20-31)51-43-15-4-1-11-38(43)41-28-32(21-25-45(41)51)33-22-26-46-42(29-33)39-12-2-5-16-44(39)52(46)36-10-7-9-34(27-36)37-14-8-18-48-49(37)40-13-3-6-17-47(40)53-48/h1-29H. The summed E-state index contributed by atoms with van der Waals surface area (Å²) in [5.41, 5.74) is 12.4. The van der Waals surface area contributed by atoms with E-state index >= 15 is 0 Å². The van der Waals surface area contributed by atoms with E-state index in [0.717, 1.165) is 22.4 Å². The molecule has 11 rings (SSSR count). The normalized spacial score (nSPS) is 11.8. The number of thiophene rings is 1. The topological polar surface area (TPSA) is 33.6 Å². The Morgan fingerprint density at radius 3 is 1.64 bits per heavy atom. The molecule has 0 aliphatic carbocycles. The van der Waals surface area contributed by atoms with Crippen molar-refractivity contribution in [2.75, 3.05) is 0 Å². The number of benzene rings is 8. The van der Waals surface area contributed by atoms with Gasteiger partial charge in [-0.25, -0.2) is 0 Å². The summed E-state index contributed by atoms with van der Waals surface area (Å²) in [6, 6.07) is 65.5. The van der Waals surface area contributed by atoms with Gasteiger partial charge in [-0.05, 0) is 107 Å². The molecule has 0 saturated carbocycles. The van der Waals surface area contributed by atoms with Crippen molar-refractivity contribution in [1.82, 2.24) is 9.13 Å². The Labute approximate surface area is 309 Å². The van der Waals surface area contributed by atoms with E-state index < -0.39 is 0 Å². The van der Waals surface area contributed by atoms with Gasteiger partial charge >= 0.3 is 0 Å². The maximum atomic E-state index is 9.38. The Hall–Kier alpha value is -6.93. The van der Waals surface area contributed by atoms with Crippen LogP contribution in [0.2, 0.25) is 0 Å². The zero-order chi connectivity index (χ0) is 35.0. The summed E-state index contributed by atoms with van der Waals surface area (Å²) < 4.78 is 7.34. The van der Waals surface area contributed by atoms with Crippen LogP contribution in [0.4, 0.5) is 0 Å². The molecule has 0 aliphatic rings. The number of hydrogen-bond acceptors (Lipinski definition) is 2. The number of aromatic nitrogens is 2. The lowest BCUT2D eigenvalue weighted by molar-refractivity contribution is 1.18. The predicted molar refractivity (Wildman–Crippen MR) is 224 cm³/mol. The van der Waals surface area contributed by atoms with Crippen LogP contribution in [0, 0.1) is 11.3 Å². The van der Waals surface area contributed by atoms with E-state index in [4.69, 9.17) is 0 Å². The van der Waals surface area contributed by atoms with E-state index in [2.05, 4.69) is 167 Å². The molecule has 8 aromatic carbocycles. The minimum absolute atomic E-state index is 0.658. The number of nitrogens with zero attached hydrogens (tertiary/aromatic N) is 3. The molecule has 0 amide bonds. The molecule has 0 radical (unpaired) electrons. The first-order chi connectivity index (χ1) is 26.2. The van der Waals surface area contributed by atoms with Crippen LogP contribution in [0.25, 0.3) is 97.4 Å². The van der Waals surface area contributed by atoms with Crippen molar-refractivity contribution in [2.24, 2.45) is 0 Å². The third-order valence-electron chi connectivity index (χ3n) is 10.8. The van der Waals surface area contributed by atoms with Crippen LogP contribution in [0.1, 0.15) is 5.56 Å². The van der Waals surface area contributed by atoms with Crippen LogP contribution in [-0.2, 0) is 0 Å². The van der Waals surface area contributed by atoms with Gasteiger partial charge in [-0.3, -0.25) is 0 Å². The van der Waals surface area contributed by atoms with E-state index in [1.54, 1.807) is 0 Å². The second kappa shape index (κ2) is 11.5. The summed E-state index contributed by atoms with van der Waals surface area (Å²) in [5.74, 6) is 0. The largest absolute Gasteiger partial charge is 0.309 e. The minimum Gasteiger partial charge on any atom is -0.309 e. The van der Waals surface area contributed by atoms with Crippen LogP contribution in [0.15, 0.2) is 176 Å². The second-order valence-electron chi connectivity index (χ2n) is 13.7. The average Bonchev–Trinajstić information content (AvgIpc) is 3.88. The number of rotatable bonds is 4. The molecular formula is C49H29N3S. The first-order valence-corrected chi connectivity index (χ1v) is 18.6. The zero-order valence-electron chi connectivity index (χ0n) is 28.5. The quantitative estimate of drug-likeness (QED) is 0.181. The van der Waals surface area contributed by atoms with Crippen molar-refractivity contribution in [3.05, 3.63) is 181 Å².